The van der Waals surface area contributed by atoms with Crippen molar-refractivity contribution in [3.63, 3.8) is 0 Å². The maximum absolute atomic E-state index is 11.6. The predicted octanol–water partition coefficient (Wildman–Crippen LogP) is 1.89. The van der Waals surface area contributed by atoms with E-state index in [1.54, 1.807) is 7.11 Å². The SMILES string of the molecule is COc1ccc2c(c1)CCCC2CNC(=O)NCCC(=O)O. The molecule has 0 heterocycles. The number of carbonyl (C=O) groups excluding carboxylic acids is 1. The van der Waals surface area contributed by atoms with Crippen LogP contribution in [0.5, 0.6) is 5.75 Å². The lowest BCUT2D eigenvalue weighted by atomic mass is 9.82. The van der Waals surface area contributed by atoms with E-state index in [4.69, 9.17) is 9.84 Å². The Morgan fingerprint density at radius 2 is 2.18 bits per heavy atom. The van der Waals surface area contributed by atoms with Crippen molar-refractivity contribution in [2.45, 2.75) is 31.6 Å². The summed E-state index contributed by atoms with van der Waals surface area (Å²) in [6.07, 6.45) is 3.09. The normalized spacial score (nSPS) is 16.5. The minimum Gasteiger partial charge on any atom is -0.497 e. The topological polar surface area (TPSA) is 87.7 Å². The lowest BCUT2D eigenvalue weighted by Crippen LogP contribution is -2.39. The number of hydrogen-bond donors (Lipinski definition) is 3. The predicted molar refractivity (Wildman–Crippen MR) is 82.3 cm³/mol. The van der Waals surface area contributed by atoms with E-state index in [-0.39, 0.29) is 19.0 Å². The van der Waals surface area contributed by atoms with Crippen LogP contribution in [0.2, 0.25) is 0 Å². The Labute approximate surface area is 129 Å². The highest BCUT2D eigenvalue weighted by molar-refractivity contribution is 5.75. The van der Waals surface area contributed by atoms with E-state index < -0.39 is 5.97 Å². The van der Waals surface area contributed by atoms with Gasteiger partial charge in [-0.2, -0.15) is 0 Å². The number of carboxylic acids is 1. The van der Waals surface area contributed by atoms with Crippen LogP contribution >= 0.6 is 0 Å². The van der Waals surface area contributed by atoms with Gasteiger partial charge in [-0.15, -0.1) is 0 Å². The number of nitrogens with one attached hydrogen (secondary N) is 2. The summed E-state index contributed by atoms with van der Waals surface area (Å²) in [6.45, 7) is 0.692. The van der Waals surface area contributed by atoms with E-state index in [2.05, 4.69) is 22.8 Å². The Morgan fingerprint density at radius 1 is 1.36 bits per heavy atom. The number of carbonyl (C=O) groups is 2. The Balaban J connectivity index is 1.87. The largest absolute Gasteiger partial charge is 0.497 e. The van der Waals surface area contributed by atoms with Crippen molar-refractivity contribution in [1.29, 1.82) is 0 Å². The molecule has 0 aromatic heterocycles. The molecule has 6 heteroatoms. The van der Waals surface area contributed by atoms with Crippen molar-refractivity contribution in [2.75, 3.05) is 20.2 Å². The van der Waals surface area contributed by atoms with Gasteiger partial charge in [0.15, 0.2) is 0 Å². The van der Waals surface area contributed by atoms with Crippen molar-refractivity contribution in [3.05, 3.63) is 29.3 Å². The zero-order valence-corrected chi connectivity index (χ0v) is 12.7. The van der Waals surface area contributed by atoms with Crippen LogP contribution in [0, 0.1) is 0 Å². The molecule has 0 bridgehead atoms. The zero-order valence-electron chi connectivity index (χ0n) is 12.7. The molecule has 0 saturated heterocycles. The fourth-order valence-corrected chi connectivity index (χ4v) is 2.79. The number of benzene rings is 1. The van der Waals surface area contributed by atoms with Gasteiger partial charge in [0.05, 0.1) is 13.5 Å². The molecular formula is C16H22N2O4. The molecule has 0 fully saturated rings. The Morgan fingerprint density at radius 3 is 2.91 bits per heavy atom. The van der Waals surface area contributed by atoms with E-state index in [1.165, 1.54) is 11.1 Å². The second-order valence-electron chi connectivity index (χ2n) is 5.43. The Bertz CT molecular complexity index is 545. The molecule has 3 N–H and O–H groups in total. The molecule has 1 atom stereocenters. The van der Waals surface area contributed by atoms with Gasteiger partial charge >= 0.3 is 12.0 Å². The summed E-state index contributed by atoms with van der Waals surface area (Å²) in [6, 6.07) is 5.77. The minimum absolute atomic E-state index is 0.0700. The molecule has 2 amide bonds. The first-order valence-electron chi connectivity index (χ1n) is 7.50. The number of aryl methyl sites for hydroxylation is 1. The summed E-state index contributed by atoms with van der Waals surface area (Å²) < 4.78 is 5.25. The van der Waals surface area contributed by atoms with E-state index in [0.29, 0.717) is 12.5 Å². The second kappa shape index (κ2) is 7.68. The molecule has 0 saturated carbocycles. The van der Waals surface area contributed by atoms with Crippen LogP contribution in [0.1, 0.15) is 36.3 Å². The van der Waals surface area contributed by atoms with Gasteiger partial charge in [0.2, 0.25) is 0 Å². The molecular weight excluding hydrogens is 284 g/mol. The molecule has 2 rings (SSSR count). The number of rotatable bonds is 6. The lowest BCUT2D eigenvalue weighted by molar-refractivity contribution is -0.136. The summed E-state index contributed by atoms with van der Waals surface area (Å²) in [4.78, 5) is 22.0. The average Bonchev–Trinajstić information content (AvgIpc) is 2.51. The third-order valence-corrected chi connectivity index (χ3v) is 3.92. The highest BCUT2D eigenvalue weighted by Crippen LogP contribution is 2.33. The van der Waals surface area contributed by atoms with Gasteiger partial charge in [0.25, 0.3) is 0 Å². The van der Waals surface area contributed by atoms with Crippen LogP contribution < -0.4 is 15.4 Å². The minimum atomic E-state index is -0.921. The van der Waals surface area contributed by atoms with Crippen LogP contribution in [-0.4, -0.2) is 37.3 Å². The number of ether oxygens (including phenoxy) is 1. The number of methoxy groups -OCH3 is 1. The van der Waals surface area contributed by atoms with E-state index in [0.717, 1.165) is 25.0 Å². The molecule has 0 aliphatic heterocycles. The van der Waals surface area contributed by atoms with Crippen LogP contribution in [0.25, 0.3) is 0 Å². The molecule has 1 aromatic carbocycles. The van der Waals surface area contributed by atoms with Gasteiger partial charge < -0.3 is 20.5 Å². The highest BCUT2D eigenvalue weighted by atomic mass is 16.5. The first kappa shape index (κ1) is 16.1. The number of fused-ring (bicyclic) bond motifs is 1. The van der Waals surface area contributed by atoms with Crippen molar-refractivity contribution in [3.8, 4) is 5.75 Å². The van der Waals surface area contributed by atoms with E-state index >= 15 is 0 Å². The lowest BCUT2D eigenvalue weighted by Gasteiger charge is -2.26. The Kier molecular flexibility index (Phi) is 5.63. The van der Waals surface area contributed by atoms with Gasteiger partial charge in [-0.3, -0.25) is 4.79 Å². The third kappa shape index (κ3) is 4.38. The third-order valence-electron chi connectivity index (χ3n) is 3.92. The van der Waals surface area contributed by atoms with Gasteiger partial charge in [0.1, 0.15) is 5.75 Å². The van der Waals surface area contributed by atoms with Crippen molar-refractivity contribution >= 4 is 12.0 Å². The monoisotopic (exact) mass is 306 g/mol. The van der Waals surface area contributed by atoms with E-state index in [1.807, 2.05) is 6.07 Å². The second-order valence-corrected chi connectivity index (χ2v) is 5.43. The van der Waals surface area contributed by atoms with Gasteiger partial charge in [-0.25, -0.2) is 4.79 Å². The standard InChI is InChI=1S/C16H22N2O4/c1-22-13-5-6-14-11(9-13)3-2-4-12(14)10-18-16(21)17-8-7-15(19)20/h5-6,9,12H,2-4,7-8,10H2,1H3,(H,19,20)(H2,17,18,21). The summed E-state index contributed by atoms with van der Waals surface area (Å²) >= 11 is 0. The molecule has 0 radical (unpaired) electrons. The molecule has 1 aliphatic rings. The number of hydrogen-bond acceptors (Lipinski definition) is 3. The fraction of sp³-hybridized carbons (Fsp3) is 0.500. The molecule has 0 spiro atoms. The quantitative estimate of drug-likeness (QED) is 0.749. The van der Waals surface area contributed by atoms with Crippen LogP contribution in [0.15, 0.2) is 18.2 Å². The van der Waals surface area contributed by atoms with Crippen molar-refractivity contribution in [1.82, 2.24) is 10.6 Å². The first-order valence-corrected chi connectivity index (χ1v) is 7.50. The number of aliphatic carboxylic acids is 1. The van der Waals surface area contributed by atoms with Crippen molar-refractivity contribution < 1.29 is 19.4 Å². The van der Waals surface area contributed by atoms with Crippen LogP contribution in [0.4, 0.5) is 4.79 Å². The maximum Gasteiger partial charge on any atom is 0.314 e. The zero-order chi connectivity index (χ0) is 15.9. The maximum atomic E-state index is 11.6. The first-order chi connectivity index (χ1) is 10.6. The smallest absolute Gasteiger partial charge is 0.314 e. The van der Waals surface area contributed by atoms with Crippen LogP contribution in [-0.2, 0) is 11.2 Å². The van der Waals surface area contributed by atoms with Gasteiger partial charge in [-0.1, -0.05) is 6.07 Å². The number of carboxylic acid groups (broad SMARTS) is 1. The van der Waals surface area contributed by atoms with E-state index in [9.17, 15) is 9.59 Å². The molecule has 1 aromatic rings. The Hall–Kier alpha value is -2.24. The molecule has 1 unspecified atom stereocenters. The summed E-state index contributed by atoms with van der Waals surface area (Å²) in [5, 5.41) is 13.9. The van der Waals surface area contributed by atoms with Crippen LogP contribution in [0.3, 0.4) is 0 Å². The molecule has 6 nitrogen and oxygen atoms in total. The number of amides is 2. The number of urea groups is 1. The summed E-state index contributed by atoms with van der Waals surface area (Å²) in [7, 11) is 1.66. The summed E-state index contributed by atoms with van der Waals surface area (Å²) in [5.41, 5.74) is 2.54. The molecule has 120 valence electrons. The van der Waals surface area contributed by atoms with Gasteiger partial charge in [-0.05, 0) is 42.5 Å². The fourth-order valence-electron chi connectivity index (χ4n) is 2.79. The van der Waals surface area contributed by atoms with Crippen molar-refractivity contribution in [2.24, 2.45) is 0 Å². The van der Waals surface area contributed by atoms with Gasteiger partial charge in [0, 0.05) is 19.0 Å². The molecule has 1 aliphatic carbocycles. The summed E-state index contributed by atoms with van der Waals surface area (Å²) in [5.74, 6) is 0.231. The highest BCUT2D eigenvalue weighted by Gasteiger charge is 2.21. The average molecular weight is 306 g/mol. The molecule has 22 heavy (non-hydrogen) atoms.